The van der Waals surface area contributed by atoms with Crippen molar-refractivity contribution < 1.29 is 8.42 Å². The molecule has 20 heavy (non-hydrogen) atoms. The van der Waals surface area contributed by atoms with E-state index in [-0.39, 0.29) is 11.8 Å². The van der Waals surface area contributed by atoms with Gasteiger partial charge >= 0.3 is 0 Å². The quantitative estimate of drug-likeness (QED) is 0.784. The van der Waals surface area contributed by atoms with E-state index in [9.17, 15) is 8.42 Å². The second-order valence-corrected chi connectivity index (χ2v) is 7.54. The molecule has 1 unspecified atom stereocenters. The van der Waals surface area contributed by atoms with Crippen LogP contribution in [0, 0.1) is 0 Å². The number of halogens is 1. The molecule has 0 radical (unpaired) electrons. The first-order valence-electron chi connectivity index (χ1n) is 7.08. The van der Waals surface area contributed by atoms with E-state index in [1.54, 1.807) is 16.7 Å². The van der Waals surface area contributed by atoms with Crippen molar-refractivity contribution in [3.05, 3.63) is 30.1 Å². The first kappa shape index (κ1) is 15.7. The molecule has 0 saturated carbocycles. The van der Waals surface area contributed by atoms with Crippen molar-refractivity contribution in [2.45, 2.75) is 38.1 Å². The average Bonchev–Trinajstić information content (AvgIpc) is 2.72. The number of aromatic nitrogens is 1. The molecule has 0 spiro atoms. The molecule has 0 bridgehead atoms. The third kappa shape index (κ3) is 4.17. The van der Waals surface area contributed by atoms with E-state index in [2.05, 4.69) is 4.98 Å². The Morgan fingerprint density at radius 3 is 2.70 bits per heavy atom. The summed E-state index contributed by atoms with van der Waals surface area (Å²) >= 11 is 5.96. The number of pyridine rings is 1. The SMILES string of the molecule is O=S(=O)(CCc1ccncc1)N1CCCCCC1CCl. The third-order valence-corrected chi connectivity index (χ3v) is 6.03. The molecule has 1 atom stereocenters. The number of hydrogen-bond acceptors (Lipinski definition) is 3. The second-order valence-electron chi connectivity index (χ2n) is 5.19. The number of nitrogens with zero attached hydrogens (tertiary/aromatic N) is 2. The maximum Gasteiger partial charge on any atom is 0.214 e. The van der Waals surface area contributed by atoms with Crippen molar-refractivity contribution in [3.8, 4) is 0 Å². The Kier molecular flexibility index (Phi) is 5.81. The highest BCUT2D eigenvalue weighted by Crippen LogP contribution is 2.21. The van der Waals surface area contributed by atoms with Gasteiger partial charge in [0.2, 0.25) is 10.0 Å². The van der Waals surface area contributed by atoms with Crippen molar-refractivity contribution >= 4 is 21.6 Å². The smallest absolute Gasteiger partial charge is 0.214 e. The molecular weight excluding hydrogens is 296 g/mol. The summed E-state index contributed by atoms with van der Waals surface area (Å²) in [5.74, 6) is 0.527. The normalized spacial score (nSPS) is 21.6. The molecule has 1 aromatic rings. The Balaban J connectivity index is 2.04. The van der Waals surface area contributed by atoms with Crippen LogP contribution in [0.2, 0.25) is 0 Å². The molecule has 0 aromatic carbocycles. The summed E-state index contributed by atoms with van der Waals surface area (Å²) in [7, 11) is -3.24. The highest BCUT2D eigenvalue weighted by molar-refractivity contribution is 7.89. The first-order valence-corrected chi connectivity index (χ1v) is 9.22. The van der Waals surface area contributed by atoms with Crippen LogP contribution >= 0.6 is 11.6 Å². The molecule has 4 nitrogen and oxygen atoms in total. The van der Waals surface area contributed by atoms with Crippen LogP contribution < -0.4 is 0 Å². The molecule has 1 aliphatic heterocycles. The molecule has 1 fully saturated rings. The van der Waals surface area contributed by atoms with Crippen LogP contribution in [-0.4, -0.2) is 41.9 Å². The summed E-state index contributed by atoms with van der Waals surface area (Å²) in [5.41, 5.74) is 1.00. The van der Waals surface area contributed by atoms with E-state index in [0.717, 1.165) is 31.2 Å². The van der Waals surface area contributed by atoms with Crippen molar-refractivity contribution in [1.29, 1.82) is 0 Å². The van der Waals surface area contributed by atoms with Crippen molar-refractivity contribution in [2.75, 3.05) is 18.2 Å². The number of hydrogen-bond donors (Lipinski definition) is 0. The van der Waals surface area contributed by atoms with E-state index in [0.29, 0.717) is 18.8 Å². The van der Waals surface area contributed by atoms with Crippen molar-refractivity contribution in [2.24, 2.45) is 0 Å². The van der Waals surface area contributed by atoms with Crippen LogP contribution in [0.5, 0.6) is 0 Å². The van der Waals surface area contributed by atoms with E-state index >= 15 is 0 Å². The summed E-state index contributed by atoms with van der Waals surface area (Å²) in [6, 6.07) is 3.68. The van der Waals surface area contributed by atoms with E-state index < -0.39 is 10.0 Å². The Morgan fingerprint density at radius 2 is 2.00 bits per heavy atom. The largest absolute Gasteiger partial charge is 0.265 e. The Bertz CT molecular complexity index is 507. The van der Waals surface area contributed by atoms with Gasteiger partial charge in [-0.1, -0.05) is 12.8 Å². The Morgan fingerprint density at radius 1 is 1.25 bits per heavy atom. The number of alkyl halides is 1. The lowest BCUT2D eigenvalue weighted by atomic mass is 10.1. The highest BCUT2D eigenvalue weighted by Gasteiger charge is 2.30. The van der Waals surface area contributed by atoms with E-state index in [1.165, 1.54) is 0 Å². The molecule has 2 heterocycles. The van der Waals surface area contributed by atoms with E-state index in [1.807, 2.05) is 12.1 Å². The second kappa shape index (κ2) is 7.38. The van der Waals surface area contributed by atoms with Gasteiger partial charge in [0, 0.05) is 30.9 Å². The maximum absolute atomic E-state index is 12.5. The zero-order valence-electron chi connectivity index (χ0n) is 11.5. The summed E-state index contributed by atoms with van der Waals surface area (Å²) in [5, 5.41) is 0. The van der Waals surface area contributed by atoms with Gasteiger partial charge < -0.3 is 0 Å². The molecule has 0 N–H and O–H groups in total. The van der Waals surface area contributed by atoms with Gasteiger partial charge in [-0.05, 0) is 37.0 Å². The maximum atomic E-state index is 12.5. The van der Waals surface area contributed by atoms with Crippen LogP contribution in [0.4, 0.5) is 0 Å². The highest BCUT2D eigenvalue weighted by atomic mass is 35.5. The minimum atomic E-state index is -3.24. The van der Waals surface area contributed by atoms with E-state index in [4.69, 9.17) is 11.6 Å². The molecule has 2 rings (SSSR count). The summed E-state index contributed by atoms with van der Waals surface area (Å²) in [6.45, 7) is 0.607. The van der Waals surface area contributed by atoms with Gasteiger partial charge in [-0.2, -0.15) is 4.31 Å². The fourth-order valence-corrected chi connectivity index (χ4v) is 4.76. The van der Waals surface area contributed by atoms with Crippen LogP contribution in [0.15, 0.2) is 24.5 Å². The van der Waals surface area contributed by atoms with Crippen LogP contribution in [-0.2, 0) is 16.4 Å². The minimum absolute atomic E-state index is 0.0402. The summed E-state index contributed by atoms with van der Waals surface area (Å²) in [6.07, 6.45) is 7.86. The summed E-state index contributed by atoms with van der Waals surface area (Å²) in [4.78, 5) is 3.94. The van der Waals surface area contributed by atoms with Gasteiger partial charge in [0.15, 0.2) is 0 Å². The summed E-state index contributed by atoms with van der Waals surface area (Å²) < 4.78 is 26.7. The molecule has 0 aliphatic carbocycles. The van der Waals surface area contributed by atoms with Crippen LogP contribution in [0.1, 0.15) is 31.2 Å². The lowest BCUT2D eigenvalue weighted by Crippen LogP contribution is -2.42. The lowest BCUT2D eigenvalue weighted by molar-refractivity contribution is 0.345. The van der Waals surface area contributed by atoms with Gasteiger partial charge in [-0.25, -0.2) is 8.42 Å². The van der Waals surface area contributed by atoms with Gasteiger partial charge in [-0.3, -0.25) is 4.98 Å². The Labute approximate surface area is 126 Å². The standard InChI is InChI=1S/C14H21ClN2O2S/c15-12-14-4-2-1-3-10-17(14)20(18,19)11-7-13-5-8-16-9-6-13/h5-6,8-9,14H,1-4,7,10-12H2. The predicted molar refractivity (Wildman–Crippen MR) is 81.4 cm³/mol. The zero-order valence-corrected chi connectivity index (χ0v) is 13.1. The zero-order chi connectivity index (χ0) is 14.4. The Hall–Kier alpha value is -0.650. The molecular formula is C14H21ClN2O2S. The van der Waals surface area contributed by atoms with Gasteiger partial charge in [-0.15, -0.1) is 11.6 Å². The molecule has 1 saturated heterocycles. The fraction of sp³-hybridized carbons (Fsp3) is 0.643. The van der Waals surface area contributed by atoms with Gasteiger partial charge in [0.05, 0.1) is 5.75 Å². The average molecular weight is 317 g/mol. The number of rotatable bonds is 5. The monoisotopic (exact) mass is 316 g/mol. The predicted octanol–water partition coefficient (Wildman–Crippen LogP) is 2.44. The van der Waals surface area contributed by atoms with Crippen molar-refractivity contribution in [1.82, 2.24) is 9.29 Å². The topological polar surface area (TPSA) is 50.3 Å². The molecule has 6 heteroatoms. The van der Waals surface area contributed by atoms with Gasteiger partial charge in [0.1, 0.15) is 0 Å². The minimum Gasteiger partial charge on any atom is -0.265 e. The van der Waals surface area contributed by atoms with Gasteiger partial charge in [0.25, 0.3) is 0 Å². The molecule has 1 aliphatic rings. The molecule has 112 valence electrons. The third-order valence-electron chi connectivity index (χ3n) is 3.76. The first-order chi connectivity index (χ1) is 9.63. The fourth-order valence-electron chi connectivity index (χ4n) is 2.58. The molecule has 0 amide bonds. The van der Waals surface area contributed by atoms with Crippen LogP contribution in [0.25, 0.3) is 0 Å². The lowest BCUT2D eigenvalue weighted by Gasteiger charge is -2.27. The molecule has 1 aromatic heterocycles. The number of aryl methyl sites for hydroxylation is 1. The van der Waals surface area contributed by atoms with Crippen molar-refractivity contribution in [3.63, 3.8) is 0 Å². The van der Waals surface area contributed by atoms with Crippen LogP contribution in [0.3, 0.4) is 0 Å². The number of sulfonamides is 1.